The van der Waals surface area contributed by atoms with Crippen molar-refractivity contribution in [3.05, 3.63) is 23.4 Å². The van der Waals surface area contributed by atoms with Crippen molar-refractivity contribution >= 4 is 32.6 Å². The van der Waals surface area contributed by atoms with E-state index in [1.807, 2.05) is 0 Å². The summed E-state index contributed by atoms with van der Waals surface area (Å²) in [6, 6.07) is 3.78. The van der Waals surface area contributed by atoms with Crippen LogP contribution in [0.25, 0.3) is 10.9 Å². The fraction of sp³-hybridized carbons (Fsp3) is 0.125. The van der Waals surface area contributed by atoms with Crippen molar-refractivity contribution in [2.24, 2.45) is 0 Å². The lowest BCUT2D eigenvalue weighted by atomic mass is 10.2. The van der Waals surface area contributed by atoms with E-state index in [2.05, 4.69) is 14.4 Å². The molecule has 98 valence electrons. The first-order valence-electron chi connectivity index (χ1n) is 4.36. The Kier molecular flexibility index (Phi) is 2.90. The van der Waals surface area contributed by atoms with Crippen LogP contribution in [0.15, 0.2) is 18.2 Å². The number of hydrogen-bond donors (Lipinski definition) is 1. The molecule has 0 saturated heterocycles. The molecule has 0 aliphatic rings. The second-order valence-electron chi connectivity index (χ2n) is 3.17. The number of rotatable bonds is 2. The van der Waals surface area contributed by atoms with Crippen molar-refractivity contribution in [1.29, 1.82) is 0 Å². The Bertz CT molecular complexity index is 695. The Labute approximate surface area is 104 Å². The molecule has 0 spiro atoms. The largest absolute Gasteiger partial charge is 0.534 e. The normalized spacial score (nSPS) is 12.9. The lowest BCUT2D eigenvalue weighted by Crippen LogP contribution is -2.28. The summed E-state index contributed by atoms with van der Waals surface area (Å²) >= 11 is 5.65. The molecule has 0 amide bonds. The Hall–Kier alpha value is -1.48. The highest BCUT2D eigenvalue weighted by Gasteiger charge is 2.48. The predicted molar refractivity (Wildman–Crippen MR) is 56.7 cm³/mol. The number of aromatic nitrogens is 2. The van der Waals surface area contributed by atoms with E-state index >= 15 is 0 Å². The Balaban J connectivity index is 2.54. The summed E-state index contributed by atoms with van der Waals surface area (Å²) in [4.78, 5) is 0. The molecule has 5 nitrogen and oxygen atoms in total. The molecule has 10 heteroatoms. The van der Waals surface area contributed by atoms with Gasteiger partial charge < -0.3 is 4.18 Å². The van der Waals surface area contributed by atoms with E-state index in [0.717, 1.165) is 6.07 Å². The summed E-state index contributed by atoms with van der Waals surface area (Å²) in [7, 11) is -5.74. The zero-order valence-electron chi connectivity index (χ0n) is 8.32. The monoisotopic (exact) mass is 300 g/mol. The molecule has 0 unspecified atom stereocenters. The molecule has 2 rings (SSSR count). The van der Waals surface area contributed by atoms with Crippen molar-refractivity contribution in [2.75, 3.05) is 0 Å². The number of fused-ring (bicyclic) bond motifs is 1. The van der Waals surface area contributed by atoms with E-state index in [9.17, 15) is 21.6 Å². The molecule has 0 saturated carbocycles. The molecule has 0 aliphatic carbocycles. The number of aromatic amines is 1. The van der Waals surface area contributed by atoms with Crippen LogP contribution in [0, 0.1) is 0 Å². The van der Waals surface area contributed by atoms with Crippen molar-refractivity contribution in [3.8, 4) is 5.75 Å². The summed E-state index contributed by atoms with van der Waals surface area (Å²) in [5.41, 5.74) is -5.32. The lowest BCUT2D eigenvalue weighted by molar-refractivity contribution is -0.0499. The smallest absolute Gasteiger partial charge is 0.375 e. The van der Waals surface area contributed by atoms with Crippen molar-refractivity contribution in [2.45, 2.75) is 5.51 Å². The highest BCUT2D eigenvalue weighted by molar-refractivity contribution is 7.88. The molecular weight excluding hydrogens is 297 g/mol. The van der Waals surface area contributed by atoms with Crippen LogP contribution in [-0.2, 0) is 10.1 Å². The van der Waals surface area contributed by atoms with Gasteiger partial charge in [0, 0.05) is 0 Å². The van der Waals surface area contributed by atoms with Gasteiger partial charge in [0.05, 0.1) is 10.9 Å². The van der Waals surface area contributed by atoms with Crippen molar-refractivity contribution < 1.29 is 25.8 Å². The van der Waals surface area contributed by atoms with E-state index in [1.54, 1.807) is 0 Å². The average molecular weight is 301 g/mol. The highest BCUT2D eigenvalue weighted by Crippen LogP contribution is 2.34. The minimum absolute atomic E-state index is 0.0352. The molecule has 1 aromatic carbocycles. The molecule has 0 aliphatic heterocycles. The van der Waals surface area contributed by atoms with Gasteiger partial charge in [0.25, 0.3) is 0 Å². The molecular formula is C8H4ClF3N2O3S. The summed E-state index contributed by atoms with van der Waals surface area (Å²) in [5.74, 6) is -0.538. The topological polar surface area (TPSA) is 72.1 Å². The van der Waals surface area contributed by atoms with Crippen molar-refractivity contribution in [1.82, 2.24) is 10.2 Å². The molecule has 0 radical (unpaired) electrons. The van der Waals surface area contributed by atoms with Gasteiger partial charge in [-0.2, -0.15) is 26.7 Å². The third-order valence-corrected chi connectivity index (χ3v) is 3.22. The number of H-pyrrole nitrogens is 1. The van der Waals surface area contributed by atoms with Gasteiger partial charge >= 0.3 is 15.6 Å². The van der Waals surface area contributed by atoms with Gasteiger partial charge in [-0.25, -0.2) is 0 Å². The number of alkyl halides is 3. The Morgan fingerprint density at radius 3 is 2.61 bits per heavy atom. The molecule has 0 atom stereocenters. The third kappa shape index (κ3) is 2.10. The zero-order valence-corrected chi connectivity index (χ0v) is 9.90. The molecule has 1 N–H and O–H groups in total. The van der Waals surface area contributed by atoms with Crippen LogP contribution in [-0.4, -0.2) is 24.1 Å². The van der Waals surface area contributed by atoms with Crippen LogP contribution < -0.4 is 4.18 Å². The molecule has 0 bridgehead atoms. The fourth-order valence-electron chi connectivity index (χ4n) is 1.23. The van der Waals surface area contributed by atoms with Crippen LogP contribution in [0.1, 0.15) is 0 Å². The Morgan fingerprint density at radius 2 is 2.00 bits per heavy atom. The standard InChI is InChI=1S/C8H4ClF3N2O3S/c9-7-6-4(13-14-7)2-1-3-5(6)17-18(15,16)8(10,11)12/h1-3H,(H,13,14). The first-order valence-corrected chi connectivity index (χ1v) is 6.14. The SMILES string of the molecule is O=S(=O)(Oc1cccc2n[nH]c(Cl)c12)C(F)(F)F. The van der Waals surface area contributed by atoms with Crippen LogP contribution in [0.4, 0.5) is 13.2 Å². The lowest BCUT2D eigenvalue weighted by Gasteiger charge is -2.09. The maximum atomic E-state index is 12.2. The number of hydrogen-bond acceptors (Lipinski definition) is 4. The van der Waals surface area contributed by atoms with Gasteiger partial charge in [0.2, 0.25) is 0 Å². The zero-order chi connectivity index (χ0) is 13.6. The van der Waals surface area contributed by atoms with E-state index in [4.69, 9.17) is 11.6 Å². The van der Waals surface area contributed by atoms with Crippen molar-refractivity contribution in [3.63, 3.8) is 0 Å². The highest BCUT2D eigenvalue weighted by atomic mass is 35.5. The second kappa shape index (κ2) is 4.02. The number of nitrogens with one attached hydrogen (secondary N) is 1. The van der Waals surface area contributed by atoms with Crippen LogP contribution in [0.2, 0.25) is 5.15 Å². The summed E-state index contributed by atoms with van der Waals surface area (Å²) in [6.07, 6.45) is 0. The minimum atomic E-state index is -5.74. The van der Waals surface area contributed by atoms with Crippen LogP contribution >= 0.6 is 11.6 Å². The van der Waals surface area contributed by atoms with Gasteiger partial charge in [-0.3, -0.25) is 5.10 Å². The minimum Gasteiger partial charge on any atom is -0.375 e. The first-order chi connectivity index (χ1) is 8.22. The quantitative estimate of drug-likeness (QED) is 0.683. The van der Waals surface area contributed by atoms with Gasteiger partial charge in [-0.15, -0.1) is 0 Å². The van der Waals surface area contributed by atoms with Gasteiger partial charge in [-0.05, 0) is 12.1 Å². The Morgan fingerprint density at radius 1 is 1.33 bits per heavy atom. The van der Waals surface area contributed by atoms with E-state index < -0.39 is 21.4 Å². The predicted octanol–water partition coefficient (Wildman–Crippen LogP) is 2.44. The number of benzene rings is 1. The number of halogens is 4. The second-order valence-corrected chi connectivity index (χ2v) is 5.09. The molecule has 0 fully saturated rings. The maximum absolute atomic E-state index is 12.2. The fourth-order valence-corrected chi connectivity index (χ4v) is 1.94. The van der Waals surface area contributed by atoms with Gasteiger partial charge in [0.1, 0.15) is 5.15 Å². The third-order valence-electron chi connectivity index (χ3n) is 1.98. The van der Waals surface area contributed by atoms with Gasteiger partial charge in [0.15, 0.2) is 5.75 Å². The molecule has 1 aromatic heterocycles. The summed E-state index contributed by atoms with van der Waals surface area (Å²) in [6.45, 7) is 0. The number of nitrogens with zero attached hydrogens (tertiary/aromatic N) is 1. The maximum Gasteiger partial charge on any atom is 0.534 e. The van der Waals surface area contributed by atoms with Crippen LogP contribution in [0.3, 0.4) is 0 Å². The van der Waals surface area contributed by atoms with Crippen LogP contribution in [0.5, 0.6) is 5.75 Å². The van der Waals surface area contributed by atoms with E-state index in [1.165, 1.54) is 12.1 Å². The van der Waals surface area contributed by atoms with E-state index in [0.29, 0.717) is 0 Å². The van der Waals surface area contributed by atoms with E-state index in [-0.39, 0.29) is 16.1 Å². The average Bonchev–Trinajstić information content (AvgIpc) is 2.59. The first kappa shape index (κ1) is 13.0. The van der Waals surface area contributed by atoms with Gasteiger partial charge in [-0.1, -0.05) is 17.7 Å². The summed E-state index contributed by atoms with van der Waals surface area (Å²) < 4.78 is 62.3. The molecule has 1 heterocycles. The molecule has 2 aromatic rings. The summed E-state index contributed by atoms with van der Waals surface area (Å²) in [5, 5.41) is 5.81. The molecule has 18 heavy (non-hydrogen) atoms.